The van der Waals surface area contributed by atoms with E-state index >= 15 is 0 Å². The Labute approximate surface area is 132 Å². The van der Waals surface area contributed by atoms with Crippen molar-refractivity contribution < 1.29 is 5.11 Å². The van der Waals surface area contributed by atoms with E-state index in [1.54, 1.807) is 0 Å². The van der Waals surface area contributed by atoms with Crippen LogP contribution in [0.1, 0.15) is 71.6 Å². The Morgan fingerprint density at radius 2 is 1.90 bits per heavy atom. The first-order valence-electron chi connectivity index (χ1n) is 9.20. The number of hydrogen-bond acceptors (Lipinski definition) is 3. The molecule has 126 valence electrons. The summed E-state index contributed by atoms with van der Waals surface area (Å²) in [6, 6.07) is 0. The van der Waals surface area contributed by atoms with Gasteiger partial charge in [-0.1, -0.05) is 33.1 Å². The largest absolute Gasteiger partial charge is 0.394 e. The monoisotopic (exact) mass is 298 g/mol. The van der Waals surface area contributed by atoms with E-state index in [4.69, 9.17) is 0 Å². The quantitative estimate of drug-likeness (QED) is 0.613. The molecule has 3 nitrogen and oxygen atoms in total. The van der Waals surface area contributed by atoms with E-state index in [-0.39, 0.29) is 12.1 Å². The van der Waals surface area contributed by atoms with E-state index in [9.17, 15) is 5.11 Å². The predicted octanol–water partition coefficient (Wildman–Crippen LogP) is 3.42. The first-order chi connectivity index (χ1) is 10.2. The molecule has 1 unspecified atom stereocenters. The molecule has 1 atom stereocenters. The number of nitrogens with zero attached hydrogens (tertiary/aromatic N) is 1. The number of rotatable bonds is 11. The lowest BCUT2D eigenvalue weighted by molar-refractivity contribution is 0.138. The average Bonchev–Trinajstić information content (AvgIpc) is 2.52. The van der Waals surface area contributed by atoms with Crippen LogP contribution in [0.3, 0.4) is 0 Å². The van der Waals surface area contributed by atoms with Gasteiger partial charge in [-0.15, -0.1) is 0 Å². The average molecular weight is 299 g/mol. The van der Waals surface area contributed by atoms with Crippen molar-refractivity contribution in [1.82, 2.24) is 10.2 Å². The molecule has 0 spiro atoms. The molecule has 0 aromatic heterocycles. The zero-order valence-corrected chi connectivity index (χ0v) is 14.7. The Balaban J connectivity index is 2.25. The van der Waals surface area contributed by atoms with E-state index < -0.39 is 0 Å². The van der Waals surface area contributed by atoms with Crippen molar-refractivity contribution in [1.29, 1.82) is 0 Å². The molecule has 1 aliphatic carbocycles. The van der Waals surface area contributed by atoms with Crippen molar-refractivity contribution >= 4 is 0 Å². The van der Waals surface area contributed by atoms with Gasteiger partial charge in [0.2, 0.25) is 0 Å². The van der Waals surface area contributed by atoms with Crippen LogP contribution in [0.25, 0.3) is 0 Å². The van der Waals surface area contributed by atoms with Gasteiger partial charge in [-0.05, 0) is 64.6 Å². The summed E-state index contributed by atoms with van der Waals surface area (Å²) in [5.74, 6) is 0.927. The molecule has 1 saturated carbocycles. The Morgan fingerprint density at radius 1 is 1.19 bits per heavy atom. The summed E-state index contributed by atoms with van der Waals surface area (Å²) in [4.78, 5) is 2.51. The highest BCUT2D eigenvalue weighted by Crippen LogP contribution is 2.24. The maximum absolute atomic E-state index is 9.75. The maximum Gasteiger partial charge on any atom is 0.0613 e. The maximum atomic E-state index is 9.75. The molecule has 0 aliphatic heterocycles. The SMILES string of the molecule is CCCNC(CC)(CO)CCCN(C)CC1CCCCC1. The fourth-order valence-corrected chi connectivity index (χ4v) is 3.62. The Morgan fingerprint density at radius 3 is 2.48 bits per heavy atom. The van der Waals surface area contributed by atoms with Crippen molar-refractivity contribution in [2.24, 2.45) is 5.92 Å². The molecule has 3 heteroatoms. The highest BCUT2D eigenvalue weighted by atomic mass is 16.3. The predicted molar refractivity (Wildman–Crippen MR) is 91.7 cm³/mol. The van der Waals surface area contributed by atoms with Crippen molar-refractivity contribution in [2.75, 3.05) is 33.3 Å². The number of aliphatic hydroxyl groups excluding tert-OH is 1. The second-order valence-corrected chi connectivity index (χ2v) is 7.09. The number of hydrogen-bond donors (Lipinski definition) is 2. The van der Waals surface area contributed by atoms with Crippen molar-refractivity contribution in [3.05, 3.63) is 0 Å². The molecule has 1 aliphatic rings. The van der Waals surface area contributed by atoms with Crippen LogP contribution in [-0.2, 0) is 0 Å². The molecule has 1 fully saturated rings. The first kappa shape index (κ1) is 18.9. The van der Waals surface area contributed by atoms with Gasteiger partial charge in [-0.3, -0.25) is 0 Å². The molecule has 0 radical (unpaired) electrons. The van der Waals surface area contributed by atoms with Crippen LogP contribution < -0.4 is 5.32 Å². The minimum Gasteiger partial charge on any atom is -0.394 e. The first-order valence-corrected chi connectivity index (χ1v) is 9.20. The van der Waals surface area contributed by atoms with Gasteiger partial charge in [0.1, 0.15) is 0 Å². The smallest absolute Gasteiger partial charge is 0.0613 e. The lowest BCUT2D eigenvalue weighted by atomic mass is 9.88. The van der Waals surface area contributed by atoms with Crippen LogP contribution in [0.2, 0.25) is 0 Å². The van der Waals surface area contributed by atoms with Crippen LogP contribution in [-0.4, -0.2) is 48.8 Å². The summed E-state index contributed by atoms with van der Waals surface area (Å²) in [7, 11) is 2.26. The molecule has 21 heavy (non-hydrogen) atoms. The summed E-state index contributed by atoms with van der Waals surface area (Å²) in [6.07, 6.45) is 11.6. The molecule has 0 saturated heterocycles. The highest BCUT2D eigenvalue weighted by molar-refractivity contribution is 4.86. The Bertz CT molecular complexity index is 248. The summed E-state index contributed by atoms with van der Waals surface area (Å²) in [5.41, 5.74) is -0.0539. The minimum absolute atomic E-state index is 0.0539. The summed E-state index contributed by atoms with van der Waals surface area (Å²) in [6.45, 7) is 8.06. The van der Waals surface area contributed by atoms with Gasteiger partial charge in [-0.25, -0.2) is 0 Å². The Hall–Kier alpha value is -0.120. The van der Waals surface area contributed by atoms with Crippen LogP contribution in [0, 0.1) is 5.92 Å². The van der Waals surface area contributed by atoms with E-state index in [1.165, 1.54) is 45.1 Å². The lowest BCUT2D eigenvalue weighted by Gasteiger charge is -2.33. The minimum atomic E-state index is -0.0539. The molecule has 0 bridgehead atoms. The van der Waals surface area contributed by atoms with Gasteiger partial charge < -0.3 is 15.3 Å². The second kappa shape index (κ2) is 10.6. The normalized spacial score (nSPS) is 19.9. The van der Waals surface area contributed by atoms with E-state index in [1.807, 2.05) is 0 Å². The van der Waals surface area contributed by atoms with Crippen LogP contribution >= 0.6 is 0 Å². The molecule has 0 amide bonds. The molecule has 0 aromatic rings. The van der Waals surface area contributed by atoms with Gasteiger partial charge in [0.15, 0.2) is 0 Å². The fraction of sp³-hybridized carbons (Fsp3) is 1.00. The van der Waals surface area contributed by atoms with E-state index in [0.29, 0.717) is 0 Å². The van der Waals surface area contributed by atoms with Gasteiger partial charge in [0.05, 0.1) is 6.61 Å². The van der Waals surface area contributed by atoms with Gasteiger partial charge in [0.25, 0.3) is 0 Å². The molecule has 2 N–H and O–H groups in total. The van der Waals surface area contributed by atoms with Crippen molar-refractivity contribution in [3.8, 4) is 0 Å². The molecular formula is C18H38N2O. The highest BCUT2D eigenvalue weighted by Gasteiger charge is 2.26. The number of nitrogens with one attached hydrogen (secondary N) is 1. The van der Waals surface area contributed by atoms with Gasteiger partial charge in [-0.2, -0.15) is 0 Å². The zero-order chi connectivity index (χ0) is 15.6. The zero-order valence-electron chi connectivity index (χ0n) is 14.7. The number of aliphatic hydroxyl groups is 1. The molecular weight excluding hydrogens is 260 g/mol. The topological polar surface area (TPSA) is 35.5 Å². The van der Waals surface area contributed by atoms with E-state index in [2.05, 4.69) is 31.1 Å². The summed E-state index contributed by atoms with van der Waals surface area (Å²) in [5, 5.41) is 13.3. The third-order valence-corrected chi connectivity index (χ3v) is 5.22. The second-order valence-electron chi connectivity index (χ2n) is 7.09. The summed E-state index contributed by atoms with van der Waals surface area (Å²) >= 11 is 0. The lowest BCUT2D eigenvalue weighted by Crippen LogP contribution is -2.48. The van der Waals surface area contributed by atoms with Crippen molar-refractivity contribution in [2.45, 2.75) is 77.2 Å². The molecule has 0 heterocycles. The van der Waals surface area contributed by atoms with E-state index in [0.717, 1.165) is 38.3 Å². The van der Waals surface area contributed by atoms with Crippen molar-refractivity contribution in [3.63, 3.8) is 0 Å². The molecule has 1 rings (SSSR count). The Kier molecular flexibility index (Phi) is 9.54. The van der Waals surface area contributed by atoms with Crippen LogP contribution in [0.15, 0.2) is 0 Å². The standard InChI is InChI=1S/C18H38N2O/c1-4-13-19-18(5-2,16-21)12-9-14-20(3)15-17-10-7-6-8-11-17/h17,19,21H,4-16H2,1-3H3. The van der Waals surface area contributed by atoms with Gasteiger partial charge in [0, 0.05) is 12.1 Å². The van der Waals surface area contributed by atoms with Gasteiger partial charge >= 0.3 is 0 Å². The third kappa shape index (κ3) is 7.12. The fourth-order valence-electron chi connectivity index (χ4n) is 3.62. The third-order valence-electron chi connectivity index (χ3n) is 5.22. The summed E-state index contributed by atoms with van der Waals surface area (Å²) < 4.78 is 0. The molecule has 0 aromatic carbocycles. The van der Waals surface area contributed by atoms with Crippen LogP contribution in [0.4, 0.5) is 0 Å². The van der Waals surface area contributed by atoms with Crippen LogP contribution in [0.5, 0.6) is 0 Å².